The number of hydrogen-bond donors (Lipinski definition) is 3. The molecule has 9 heteroatoms. The number of carboxylic acids is 1. The Balaban J connectivity index is 1.87. The Morgan fingerprint density at radius 2 is 1.94 bits per heavy atom. The highest BCUT2D eigenvalue weighted by molar-refractivity contribution is 5.82. The van der Waals surface area contributed by atoms with E-state index in [0.29, 0.717) is 26.1 Å². The number of carboxylic acid groups (broad SMARTS) is 1. The molecule has 0 aromatic carbocycles. The van der Waals surface area contributed by atoms with Crippen LogP contribution >= 0.6 is 0 Å². The van der Waals surface area contributed by atoms with Gasteiger partial charge in [0.15, 0.2) is 0 Å². The van der Waals surface area contributed by atoms with Crippen molar-refractivity contribution in [3.63, 3.8) is 0 Å². The van der Waals surface area contributed by atoms with E-state index >= 15 is 0 Å². The van der Waals surface area contributed by atoms with Crippen LogP contribution in [-0.2, 0) is 22.4 Å². The van der Waals surface area contributed by atoms with Gasteiger partial charge in [-0.2, -0.15) is 0 Å². The number of ether oxygens (including phenoxy) is 1. The first-order chi connectivity index (χ1) is 17.2. The molecule has 1 aliphatic rings. The van der Waals surface area contributed by atoms with Crippen LogP contribution in [0.25, 0.3) is 0 Å². The number of pyridine rings is 1. The van der Waals surface area contributed by atoms with E-state index in [1.165, 1.54) is 5.56 Å². The number of aliphatic carboxylic acids is 1. The van der Waals surface area contributed by atoms with Crippen LogP contribution in [-0.4, -0.2) is 89.4 Å². The van der Waals surface area contributed by atoms with E-state index in [2.05, 4.69) is 27.7 Å². The Labute approximate surface area is 217 Å². The average molecular weight is 506 g/mol. The number of rotatable bonds is 16. The van der Waals surface area contributed by atoms with Crippen molar-refractivity contribution in [1.82, 2.24) is 20.1 Å². The molecule has 0 spiro atoms. The van der Waals surface area contributed by atoms with Crippen molar-refractivity contribution in [2.45, 2.75) is 91.3 Å². The van der Waals surface area contributed by atoms with Crippen LogP contribution in [0.4, 0.5) is 10.6 Å². The van der Waals surface area contributed by atoms with Crippen LogP contribution in [0.3, 0.4) is 0 Å². The number of aryl methyl sites for hydroxylation is 2. The highest BCUT2D eigenvalue weighted by Gasteiger charge is 2.24. The van der Waals surface area contributed by atoms with Crippen LogP contribution < -0.4 is 10.6 Å². The van der Waals surface area contributed by atoms with Gasteiger partial charge >= 0.3 is 12.0 Å². The summed E-state index contributed by atoms with van der Waals surface area (Å²) in [4.78, 5) is 33.1. The van der Waals surface area contributed by atoms with Crippen molar-refractivity contribution in [2.24, 2.45) is 0 Å². The van der Waals surface area contributed by atoms with Gasteiger partial charge < -0.3 is 30.3 Å². The molecular formula is C27H47N5O4. The Bertz CT molecular complexity index is 817. The molecule has 1 aromatic rings. The van der Waals surface area contributed by atoms with Crippen molar-refractivity contribution in [3.05, 3.63) is 23.4 Å². The SMILES string of the molecule is CCN(C(=O)N[C@@H](CCN(CCCCc1ccc2c(n1)NCCC2)CCOC(C)C)C(=O)O)C(C)C. The lowest BCUT2D eigenvalue weighted by Crippen LogP contribution is -2.51. The van der Waals surface area contributed by atoms with Crippen molar-refractivity contribution in [2.75, 3.05) is 44.6 Å². The summed E-state index contributed by atoms with van der Waals surface area (Å²) < 4.78 is 5.74. The highest BCUT2D eigenvalue weighted by atomic mass is 16.5. The minimum absolute atomic E-state index is 0.00881. The van der Waals surface area contributed by atoms with E-state index in [1.807, 2.05) is 34.6 Å². The smallest absolute Gasteiger partial charge is 0.326 e. The van der Waals surface area contributed by atoms with Gasteiger partial charge in [-0.25, -0.2) is 14.6 Å². The lowest BCUT2D eigenvalue weighted by Gasteiger charge is -2.28. The molecule has 0 saturated carbocycles. The monoisotopic (exact) mass is 505 g/mol. The van der Waals surface area contributed by atoms with Gasteiger partial charge in [-0.05, 0) is 91.3 Å². The number of nitrogens with one attached hydrogen (secondary N) is 2. The predicted octanol–water partition coefficient (Wildman–Crippen LogP) is 3.77. The summed E-state index contributed by atoms with van der Waals surface area (Å²) in [5.41, 5.74) is 2.41. The Morgan fingerprint density at radius 1 is 1.17 bits per heavy atom. The van der Waals surface area contributed by atoms with Gasteiger partial charge in [-0.3, -0.25) is 0 Å². The number of carbonyl (C=O) groups is 2. The molecule has 0 aliphatic carbocycles. The van der Waals surface area contributed by atoms with Gasteiger partial charge in [0.1, 0.15) is 11.9 Å². The molecule has 1 aliphatic heterocycles. The summed E-state index contributed by atoms with van der Waals surface area (Å²) in [7, 11) is 0. The summed E-state index contributed by atoms with van der Waals surface area (Å²) in [5.74, 6) is 0.0284. The number of carbonyl (C=O) groups excluding carboxylic acids is 1. The molecule has 3 N–H and O–H groups in total. The van der Waals surface area contributed by atoms with E-state index in [9.17, 15) is 14.7 Å². The van der Waals surface area contributed by atoms with E-state index in [4.69, 9.17) is 9.72 Å². The maximum Gasteiger partial charge on any atom is 0.326 e. The van der Waals surface area contributed by atoms with E-state index in [0.717, 1.165) is 63.3 Å². The van der Waals surface area contributed by atoms with Gasteiger partial charge in [-0.15, -0.1) is 0 Å². The molecule has 1 aromatic heterocycles. The van der Waals surface area contributed by atoms with Crippen LogP contribution in [0.1, 0.15) is 71.6 Å². The Kier molecular flexibility index (Phi) is 13.0. The van der Waals surface area contributed by atoms with Crippen molar-refractivity contribution >= 4 is 17.8 Å². The normalized spacial score (nSPS) is 14.0. The topological polar surface area (TPSA) is 107 Å². The van der Waals surface area contributed by atoms with Crippen LogP contribution in [0, 0.1) is 0 Å². The quantitative estimate of drug-likeness (QED) is 0.294. The molecule has 204 valence electrons. The molecule has 2 rings (SSSR count). The van der Waals surface area contributed by atoms with Gasteiger partial charge in [0.05, 0.1) is 12.7 Å². The second-order valence-electron chi connectivity index (χ2n) is 10.1. The first-order valence-electron chi connectivity index (χ1n) is 13.6. The molecule has 2 heterocycles. The third-order valence-corrected chi connectivity index (χ3v) is 6.52. The van der Waals surface area contributed by atoms with Gasteiger partial charge in [-0.1, -0.05) is 6.07 Å². The Morgan fingerprint density at radius 3 is 2.61 bits per heavy atom. The number of unbranched alkanes of at least 4 members (excludes halogenated alkanes) is 1. The standard InChI is InChI=1S/C27H47N5O4/c1-6-32(20(2)3)27(35)30-24(26(33)34)14-17-31(18-19-36-21(4)5)16-8-7-11-23-13-12-22-10-9-15-28-25(22)29-23/h12-13,20-21,24H,6-11,14-19H2,1-5H3,(H,28,29)(H,30,35)(H,33,34)/t24-/m0/s1. The molecular weight excluding hydrogens is 458 g/mol. The fourth-order valence-corrected chi connectivity index (χ4v) is 4.45. The average Bonchev–Trinajstić information content (AvgIpc) is 2.83. The fourth-order valence-electron chi connectivity index (χ4n) is 4.45. The van der Waals surface area contributed by atoms with Crippen molar-refractivity contribution in [1.29, 1.82) is 0 Å². The second kappa shape index (κ2) is 15.7. The summed E-state index contributed by atoms with van der Waals surface area (Å²) in [6, 6.07) is 3.08. The van der Waals surface area contributed by atoms with E-state index in [-0.39, 0.29) is 18.2 Å². The summed E-state index contributed by atoms with van der Waals surface area (Å²) >= 11 is 0. The molecule has 0 unspecified atom stereocenters. The maximum atomic E-state index is 12.6. The maximum absolute atomic E-state index is 12.6. The lowest BCUT2D eigenvalue weighted by atomic mass is 10.1. The number of urea groups is 1. The largest absolute Gasteiger partial charge is 0.480 e. The minimum Gasteiger partial charge on any atom is -0.480 e. The first kappa shape index (κ1) is 29.8. The molecule has 9 nitrogen and oxygen atoms in total. The predicted molar refractivity (Wildman–Crippen MR) is 144 cm³/mol. The van der Waals surface area contributed by atoms with Crippen LogP contribution in [0.15, 0.2) is 12.1 Å². The number of anilines is 1. The number of fused-ring (bicyclic) bond motifs is 1. The first-order valence-corrected chi connectivity index (χ1v) is 13.6. The van der Waals surface area contributed by atoms with Gasteiger partial charge in [0, 0.05) is 37.9 Å². The number of amides is 2. The third-order valence-electron chi connectivity index (χ3n) is 6.52. The molecule has 0 saturated heterocycles. The summed E-state index contributed by atoms with van der Waals surface area (Å²) in [6.07, 6.45) is 5.65. The lowest BCUT2D eigenvalue weighted by molar-refractivity contribution is -0.139. The molecule has 0 bridgehead atoms. The number of aromatic nitrogens is 1. The molecule has 0 fully saturated rings. The zero-order chi connectivity index (χ0) is 26.5. The number of nitrogens with zero attached hydrogens (tertiary/aromatic N) is 3. The van der Waals surface area contributed by atoms with E-state index in [1.54, 1.807) is 4.90 Å². The van der Waals surface area contributed by atoms with Crippen molar-refractivity contribution in [3.8, 4) is 0 Å². The zero-order valence-electron chi connectivity index (χ0n) is 22.9. The van der Waals surface area contributed by atoms with Crippen molar-refractivity contribution < 1.29 is 19.4 Å². The molecule has 1 atom stereocenters. The minimum atomic E-state index is -1.01. The van der Waals surface area contributed by atoms with Gasteiger partial charge in [0.2, 0.25) is 0 Å². The Hall–Kier alpha value is -2.39. The summed E-state index contributed by atoms with van der Waals surface area (Å²) in [5, 5.41) is 15.8. The fraction of sp³-hybridized carbons (Fsp3) is 0.741. The molecule has 0 radical (unpaired) electrons. The van der Waals surface area contributed by atoms with E-state index < -0.39 is 12.0 Å². The zero-order valence-corrected chi connectivity index (χ0v) is 22.9. The van der Waals surface area contributed by atoms with Crippen LogP contribution in [0.2, 0.25) is 0 Å². The molecule has 2 amide bonds. The third kappa shape index (κ3) is 10.3. The highest BCUT2D eigenvalue weighted by Crippen LogP contribution is 2.20. The summed E-state index contributed by atoms with van der Waals surface area (Å²) in [6.45, 7) is 14.0. The molecule has 36 heavy (non-hydrogen) atoms. The van der Waals surface area contributed by atoms with Crippen LogP contribution in [0.5, 0.6) is 0 Å². The number of hydrogen-bond acceptors (Lipinski definition) is 6. The van der Waals surface area contributed by atoms with Gasteiger partial charge in [0.25, 0.3) is 0 Å². The second-order valence-corrected chi connectivity index (χ2v) is 10.1.